The smallest absolute Gasteiger partial charge is 0.251 e. The zero-order valence-corrected chi connectivity index (χ0v) is 39.8. The maximum atomic E-state index is 14.1. The first-order valence-electron chi connectivity index (χ1n) is 22.9. The van der Waals surface area contributed by atoms with Crippen molar-refractivity contribution < 1.29 is 29.0 Å². The summed E-state index contributed by atoms with van der Waals surface area (Å²) in [6.07, 6.45) is 7.19. The Hall–Kier alpha value is -6.47. The standard InChI is InChI=1S/C48H62N12O6S/c1-7-35-42(50)59(26-49)37-24-53-47(57-43(37)60(35)32-11-8-9-12-32)55-34-19-18-31(21-38(34)66-6)44(63)51-20-10-13-39(62)56-41(48(3,4)5)46(65)58-25-33(61)22-36(58)45(64)52-23-29-14-16-30(17-15-29)40-28(2)54-27-67-40/h14-19,21,24,26-27,32-33,35-36,41,49-50,61H,7-13,20,22-23,25H2,1-6H3,(H,51,63)(H,52,64)(H,56,62)(H,53,55,57)/t33-,35-,36+,41-/m1/s1. The highest BCUT2D eigenvalue weighted by atomic mass is 32.1. The summed E-state index contributed by atoms with van der Waals surface area (Å²) in [4.78, 5) is 74.1. The Morgan fingerprint density at radius 1 is 1.06 bits per heavy atom. The molecule has 2 aliphatic heterocycles. The molecule has 3 aliphatic rings. The van der Waals surface area contributed by atoms with Crippen LogP contribution in [0.25, 0.3) is 10.4 Å². The molecule has 0 bridgehead atoms. The van der Waals surface area contributed by atoms with Gasteiger partial charge in [0, 0.05) is 44.1 Å². The maximum absolute atomic E-state index is 14.1. The fourth-order valence-corrected chi connectivity index (χ4v) is 9.93. The number of anilines is 4. The molecule has 2 fully saturated rings. The number of nitrogens with zero attached hydrogens (tertiary/aromatic N) is 6. The van der Waals surface area contributed by atoms with Crippen LogP contribution < -0.4 is 35.8 Å². The molecule has 356 valence electrons. The van der Waals surface area contributed by atoms with E-state index in [0.29, 0.717) is 53.1 Å². The predicted molar refractivity (Wildman–Crippen MR) is 259 cm³/mol. The van der Waals surface area contributed by atoms with Gasteiger partial charge in [-0.15, -0.1) is 11.3 Å². The average molecular weight is 935 g/mol. The van der Waals surface area contributed by atoms with E-state index in [-0.39, 0.29) is 62.3 Å². The number of carbonyl (C=O) groups excluding carboxylic acids is 4. The van der Waals surface area contributed by atoms with Crippen LogP contribution in [0.4, 0.5) is 23.1 Å². The number of aliphatic hydroxyl groups excluding tert-OH is 1. The average Bonchev–Trinajstić information content (AvgIpc) is 4.10. The number of nitrogens with one attached hydrogen (secondary N) is 6. The van der Waals surface area contributed by atoms with Crippen molar-refractivity contribution in [2.45, 2.75) is 123 Å². The Labute approximate surface area is 395 Å². The molecular weight excluding hydrogens is 873 g/mol. The maximum Gasteiger partial charge on any atom is 0.251 e. The van der Waals surface area contributed by atoms with Crippen molar-refractivity contribution in [3.8, 4) is 16.2 Å². The number of β-amino-alcohol motifs (C(OH)–C–C–N with tert-alkyl or cyclic N) is 1. The van der Waals surface area contributed by atoms with Crippen molar-refractivity contribution in [2.24, 2.45) is 5.41 Å². The van der Waals surface area contributed by atoms with E-state index in [1.807, 2.05) is 64.4 Å². The second-order valence-corrected chi connectivity index (χ2v) is 19.3. The van der Waals surface area contributed by atoms with Gasteiger partial charge in [-0.3, -0.25) is 34.9 Å². The van der Waals surface area contributed by atoms with Gasteiger partial charge in [-0.2, -0.15) is 4.98 Å². The first kappa shape index (κ1) is 48.5. The van der Waals surface area contributed by atoms with E-state index < -0.39 is 29.5 Å². The molecule has 1 aliphatic carbocycles. The lowest BCUT2D eigenvalue weighted by atomic mass is 9.85. The van der Waals surface area contributed by atoms with Gasteiger partial charge in [0.2, 0.25) is 23.7 Å². The fraction of sp³-hybridized carbons (Fsp3) is 0.479. The van der Waals surface area contributed by atoms with Crippen LogP contribution in [0, 0.1) is 23.2 Å². The highest BCUT2D eigenvalue weighted by molar-refractivity contribution is 7.13. The molecule has 2 aromatic heterocycles. The van der Waals surface area contributed by atoms with Crippen molar-refractivity contribution >= 4 is 70.3 Å². The van der Waals surface area contributed by atoms with E-state index in [9.17, 15) is 24.3 Å². The molecule has 1 saturated carbocycles. The lowest BCUT2D eigenvalue weighted by Gasteiger charge is -2.44. The third-order valence-corrected chi connectivity index (χ3v) is 13.7. The molecule has 4 aromatic rings. The number of hydrogen-bond donors (Lipinski definition) is 7. The second kappa shape index (κ2) is 21.0. The molecule has 4 amide bonds. The molecule has 4 heterocycles. The number of methoxy groups -OCH3 is 1. The molecule has 0 radical (unpaired) electrons. The first-order chi connectivity index (χ1) is 32.1. The molecule has 67 heavy (non-hydrogen) atoms. The topological polar surface area (TPSA) is 242 Å². The van der Waals surface area contributed by atoms with Crippen LogP contribution >= 0.6 is 11.3 Å². The third-order valence-electron chi connectivity index (χ3n) is 12.7. The van der Waals surface area contributed by atoms with Gasteiger partial charge in [0.15, 0.2) is 5.82 Å². The molecule has 4 atom stereocenters. The van der Waals surface area contributed by atoms with E-state index in [2.05, 4.69) is 36.1 Å². The van der Waals surface area contributed by atoms with Gasteiger partial charge in [-0.25, -0.2) is 9.97 Å². The van der Waals surface area contributed by atoms with E-state index in [4.69, 9.17) is 20.5 Å². The van der Waals surface area contributed by atoms with Gasteiger partial charge < -0.3 is 40.9 Å². The van der Waals surface area contributed by atoms with Crippen molar-refractivity contribution in [3.05, 3.63) is 71.0 Å². The normalized spacial score (nSPS) is 18.9. The van der Waals surface area contributed by atoms with E-state index in [0.717, 1.165) is 53.7 Å². The number of amides is 4. The van der Waals surface area contributed by atoms with Crippen LogP contribution in [0.15, 0.2) is 54.2 Å². The number of aromatic nitrogens is 3. The summed E-state index contributed by atoms with van der Waals surface area (Å²) in [6, 6.07) is 10.9. The zero-order chi connectivity index (χ0) is 48.0. The molecule has 19 heteroatoms. The molecule has 7 N–H and O–H groups in total. The minimum Gasteiger partial charge on any atom is -0.495 e. The van der Waals surface area contributed by atoms with Crippen molar-refractivity contribution in [1.82, 2.24) is 35.8 Å². The lowest BCUT2D eigenvalue weighted by molar-refractivity contribution is -0.144. The molecule has 0 spiro atoms. The first-order valence-corrected chi connectivity index (χ1v) is 23.8. The Balaban J connectivity index is 0.917. The van der Waals surface area contributed by atoms with Crippen LogP contribution in [-0.2, 0) is 20.9 Å². The van der Waals surface area contributed by atoms with E-state index in [1.54, 1.807) is 35.7 Å². The molecule has 7 rings (SSSR count). The minimum atomic E-state index is -0.977. The summed E-state index contributed by atoms with van der Waals surface area (Å²) in [5, 5.41) is 39.4. The van der Waals surface area contributed by atoms with Crippen molar-refractivity contribution in [3.63, 3.8) is 0 Å². The van der Waals surface area contributed by atoms with Crippen LogP contribution in [0.3, 0.4) is 0 Å². The largest absolute Gasteiger partial charge is 0.495 e. The Bertz CT molecular complexity index is 2470. The monoisotopic (exact) mass is 934 g/mol. The second-order valence-electron chi connectivity index (χ2n) is 18.4. The molecular formula is C48H62N12O6S. The molecule has 0 unspecified atom stereocenters. The van der Waals surface area contributed by atoms with Crippen molar-refractivity contribution in [1.29, 1.82) is 10.8 Å². The highest BCUT2D eigenvalue weighted by Gasteiger charge is 2.45. The number of fused-ring (bicyclic) bond motifs is 1. The summed E-state index contributed by atoms with van der Waals surface area (Å²) < 4.78 is 5.66. The van der Waals surface area contributed by atoms with E-state index >= 15 is 0 Å². The van der Waals surface area contributed by atoms with Gasteiger partial charge in [-0.05, 0) is 67.3 Å². The fourth-order valence-electron chi connectivity index (χ4n) is 9.12. The van der Waals surface area contributed by atoms with Crippen LogP contribution in [0.1, 0.15) is 101 Å². The predicted octanol–water partition coefficient (Wildman–Crippen LogP) is 5.91. The highest BCUT2D eigenvalue weighted by Crippen LogP contribution is 2.41. The number of rotatable bonds is 17. The van der Waals surface area contributed by atoms with E-state index in [1.165, 1.54) is 16.9 Å². The summed E-state index contributed by atoms with van der Waals surface area (Å²) in [5.74, 6) is 0.0854. The summed E-state index contributed by atoms with van der Waals surface area (Å²) >= 11 is 1.57. The lowest BCUT2D eigenvalue weighted by Crippen LogP contribution is -2.57. The van der Waals surface area contributed by atoms with Gasteiger partial charge in [0.05, 0.1) is 53.6 Å². The summed E-state index contributed by atoms with van der Waals surface area (Å²) in [7, 11) is 1.50. The van der Waals surface area contributed by atoms with Crippen LogP contribution in [-0.4, -0.2) is 111 Å². The van der Waals surface area contributed by atoms with Gasteiger partial charge in [-0.1, -0.05) is 64.8 Å². The van der Waals surface area contributed by atoms with Crippen molar-refractivity contribution in [2.75, 3.05) is 35.3 Å². The Kier molecular flexibility index (Phi) is 15.2. The van der Waals surface area contributed by atoms with Crippen LogP contribution in [0.5, 0.6) is 5.75 Å². The molecule has 18 nitrogen and oxygen atoms in total. The zero-order valence-electron chi connectivity index (χ0n) is 39.0. The number of likely N-dealkylation sites (tertiary alicyclic amines) is 1. The Morgan fingerprint density at radius 3 is 2.46 bits per heavy atom. The van der Waals surface area contributed by atoms with Crippen LogP contribution in [0.2, 0.25) is 0 Å². The number of amidine groups is 1. The summed E-state index contributed by atoms with van der Waals surface area (Å²) in [5.41, 5.74) is 5.41. The van der Waals surface area contributed by atoms with Gasteiger partial charge in [0.25, 0.3) is 5.91 Å². The molecule has 1 saturated heterocycles. The number of thiazole rings is 1. The summed E-state index contributed by atoms with van der Waals surface area (Å²) in [6.45, 7) is 9.88. The van der Waals surface area contributed by atoms with Gasteiger partial charge >= 0.3 is 0 Å². The Morgan fingerprint density at radius 2 is 1.81 bits per heavy atom. The third kappa shape index (κ3) is 10.9. The number of carbonyl (C=O) groups is 4. The quantitative estimate of drug-likeness (QED) is 0.0371. The minimum absolute atomic E-state index is 0.0247. The number of ether oxygens (including phenoxy) is 1. The number of aryl methyl sites for hydroxylation is 1. The van der Waals surface area contributed by atoms with Gasteiger partial charge in [0.1, 0.15) is 29.4 Å². The number of benzene rings is 2. The SMILES string of the molecule is CC[C@@H]1C(=N)N(C=N)c2cnc(Nc3ccc(C(=O)NCCCC(=O)N[C@H](C(=O)N4C[C@H](O)C[C@H]4C(=O)NCc4ccc(-c5scnc5C)cc4)C(C)(C)C)cc3OC)nc2N1C1CCCC1. The molecule has 2 aromatic carbocycles. The number of hydrogen-bond acceptors (Lipinski definition) is 14. The number of aliphatic hydroxyl groups is 1.